The molecule has 2 aromatic rings. The van der Waals surface area contributed by atoms with Crippen molar-refractivity contribution in [2.24, 2.45) is 0 Å². The lowest BCUT2D eigenvalue weighted by Crippen LogP contribution is -2.60. The molecule has 1 saturated heterocycles. The van der Waals surface area contributed by atoms with E-state index in [9.17, 15) is 5.11 Å². The van der Waals surface area contributed by atoms with Crippen LogP contribution in [-0.2, 0) is 0 Å². The van der Waals surface area contributed by atoms with Crippen LogP contribution < -0.4 is 10.1 Å². The van der Waals surface area contributed by atoms with E-state index in [1.807, 2.05) is 12.4 Å². The maximum absolute atomic E-state index is 10.0. The van der Waals surface area contributed by atoms with E-state index in [4.69, 9.17) is 14.7 Å². The predicted octanol–water partition coefficient (Wildman–Crippen LogP) is 5.28. The molecule has 2 aromatic heterocycles. The van der Waals surface area contributed by atoms with Crippen LogP contribution in [0.3, 0.4) is 0 Å². The first-order valence-electron chi connectivity index (χ1n) is 13.0. The Morgan fingerprint density at radius 1 is 1.09 bits per heavy atom. The van der Waals surface area contributed by atoms with Crippen molar-refractivity contribution in [3.05, 3.63) is 18.0 Å². The van der Waals surface area contributed by atoms with Gasteiger partial charge in [0.1, 0.15) is 6.10 Å². The van der Waals surface area contributed by atoms with Crippen LogP contribution in [0.15, 0.2) is 12.4 Å². The fourth-order valence-electron chi connectivity index (χ4n) is 5.71. The number of fused-ring (bicyclic) bond motifs is 1. The molecule has 188 valence electrons. The summed E-state index contributed by atoms with van der Waals surface area (Å²) in [5.41, 5.74) is 2.15. The van der Waals surface area contributed by atoms with Gasteiger partial charge in [0.05, 0.1) is 17.0 Å². The maximum atomic E-state index is 10.0. The van der Waals surface area contributed by atoms with Crippen LogP contribution in [0.2, 0.25) is 0 Å². The number of aliphatic hydroxyl groups excluding tert-OH is 1. The largest absolute Gasteiger partial charge is 0.474 e. The summed E-state index contributed by atoms with van der Waals surface area (Å²) in [6, 6.07) is 0.298. The molecule has 2 N–H and O–H groups in total. The SMILES string of the molecule is CC[C@H](C)Nc1ncc2c(OC3CC(C)(C)N(C)C(C)(C)C3)ncc([C@H]3CC[C@H](O)CC3)c2n1. The molecule has 7 heteroatoms. The van der Waals surface area contributed by atoms with Gasteiger partial charge in [0.15, 0.2) is 0 Å². The van der Waals surface area contributed by atoms with Gasteiger partial charge in [-0.2, -0.15) is 0 Å². The summed E-state index contributed by atoms with van der Waals surface area (Å²) in [7, 11) is 2.21. The number of aliphatic hydroxyl groups is 1. The van der Waals surface area contributed by atoms with Crippen molar-refractivity contribution in [1.29, 1.82) is 0 Å². The highest BCUT2D eigenvalue weighted by Crippen LogP contribution is 2.41. The first kappa shape index (κ1) is 25.1. The zero-order valence-electron chi connectivity index (χ0n) is 22.1. The molecule has 0 spiro atoms. The molecular formula is C27H43N5O2. The Bertz CT molecular complexity index is 982. The van der Waals surface area contributed by atoms with Crippen LogP contribution in [0.25, 0.3) is 10.9 Å². The van der Waals surface area contributed by atoms with E-state index in [-0.39, 0.29) is 23.3 Å². The van der Waals surface area contributed by atoms with Gasteiger partial charge in [-0.05, 0) is 79.7 Å². The molecule has 1 aliphatic carbocycles. The van der Waals surface area contributed by atoms with Gasteiger partial charge in [0.2, 0.25) is 11.8 Å². The summed E-state index contributed by atoms with van der Waals surface area (Å²) >= 11 is 0. The number of nitrogens with one attached hydrogen (secondary N) is 1. The van der Waals surface area contributed by atoms with Gasteiger partial charge >= 0.3 is 0 Å². The Morgan fingerprint density at radius 3 is 2.35 bits per heavy atom. The van der Waals surface area contributed by atoms with Gasteiger partial charge in [0, 0.05) is 47.9 Å². The zero-order chi connectivity index (χ0) is 24.7. The van der Waals surface area contributed by atoms with E-state index in [1.165, 1.54) is 0 Å². The number of anilines is 1. The summed E-state index contributed by atoms with van der Waals surface area (Å²) in [6.07, 6.45) is 10.2. The molecule has 2 aliphatic rings. The number of hydrogen-bond acceptors (Lipinski definition) is 7. The molecule has 1 aliphatic heterocycles. The second-order valence-electron chi connectivity index (χ2n) is 11.8. The minimum atomic E-state index is -0.188. The van der Waals surface area contributed by atoms with Crippen molar-refractivity contribution < 1.29 is 9.84 Å². The molecule has 1 saturated carbocycles. The summed E-state index contributed by atoms with van der Waals surface area (Å²) in [4.78, 5) is 16.9. The van der Waals surface area contributed by atoms with E-state index in [2.05, 4.69) is 63.8 Å². The number of ether oxygens (including phenoxy) is 1. The minimum absolute atomic E-state index is 0.0367. The third-order valence-electron chi connectivity index (χ3n) is 8.29. The number of hydrogen-bond donors (Lipinski definition) is 2. The lowest BCUT2D eigenvalue weighted by Gasteiger charge is -2.53. The highest BCUT2D eigenvalue weighted by atomic mass is 16.5. The van der Waals surface area contributed by atoms with E-state index >= 15 is 0 Å². The lowest BCUT2D eigenvalue weighted by atomic mass is 9.79. The van der Waals surface area contributed by atoms with Crippen LogP contribution in [0, 0.1) is 0 Å². The number of rotatable bonds is 6. The van der Waals surface area contributed by atoms with E-state index in [0.29, 0.717) is 23.8 Å². The van der Waals surface area contributed by atoms with Gasteiger partial charge in [-0.15, -0.1) is 0 Å². The Hall–Kier alpha value is -1.99. The molecule has 0 amide bonds. The van der Waals surface area contributed by atoms with Gasteiger partial charge in [-0.3, -0.25) is 4.90 Å². The van der Waals surface area contributed by atoms with Gasteiger partial charge in [-0.1, -0.05) is 6.92 Å². The fraction of sp³-hybridized carbons (Fsp3) is 0.741. The van der Waals surface area contributed by atoms with Gasteiger partial charge in [0.25, 0.3) is 0 Å². The van der Waals surface area contributed by atoms with E-state index < -0.39 is 0 Å². The second kappa shape index (κ2) is 9.57. The molecule has 7 nitrogen and oxygen atoms in total. The Kier molecular flexibility index (Phi) is 7.07. The van der Waals surface area contributed by atoms with Crippen molar-refractivity contribution in [1.82, 2.24) is 19.9 Å². The minimum Gasteiger partial charge on any atom is -0.474 e. The van der Waals surface area contributed by atoms with Crippen LogP contribution in [0.5, 0.6) is 5.88 Å². The molecule has 1 atom stereocenters. The molecule has 4 rings (SSSR count). The van der Waals surface area contributed by atoms with Crippen LogP contribution >= 0.6 is 0 Å². The Labute approximate surface area is 204 Å². The summed E-state index contributed by atoms with van der Waals surface area (Å²) < 4.78 is 6.61. The average Bonchev–Trinajstić information content (AvgIpc) is 2.78. The topological polar surface area (TPSA) is 83.4 Å². The smallest absolute Gasteiger partial charge is 0.224 e. The normalized spacial score (nSPS) is 26.4. The first-order chi connectivity index (χ1) is 16.0. The van der Waals surface area contributed by atoms with Crippen LogP contribution in [0.4, 0.5) is 5.95 Å². The molecular weight excluding hydrogens is 426 g/mol. The highest BCUT2D eigenvalue weighted by Gasteiger charge is 2.44. The number of aromatic nitrogens is 3. The first-order valence-corrected chi connectivity index (χ1v) is 13.0. The van der Waals surface area contributed by atoms with Crippen molar-refractivity contribution in [3.63, 3.8) is 0 Å². The number of likely N-dealkylation sites (tertiary alicyclic amines) is 1. The Balaban J connectivity index is 1.69. The Morgan fingerprint density at radius 2 is 1.74 bits per heavy atom. The lowest BCUT2D eigenvalue weighted by molar-refractivity contribution is -0.0563. The number of nitrogens with zero attached hydrogens (tertiary/aromatic N) is 4. The summed E-state index contributed by atoms with van der Waals surface area (Å²) in [5.74, 6) is 1.63. The van der Waals surface area contributed by atoms with E-state index in [1.54, 1.807) is 0 Å². The van der Waals surface area contributed by atoms with Crippen LogP contribution in [-0.4, -0.2) is 61.3 Å². The van der Waals surface area contributed by atoms with E-state index in [0.717, 1.165) is 61.4 Å². The third kappa shape index (κ3) is 5.15. The average molecular weight is 470 g/mol. The summed E-state index contributed by atoms with van der Waals surface area (Å²) in [6.45, 7) is 13.4. The molecule has 2 fully saturated rings. The third-order valence-corrected chi connectivity index (χ3v) is 8.29. The second-order valence-corrected chi connectivity index (χ2v) is 11.8. The number of piperidine rings is 1. The molecule has 0 bridgehead atoms. The van der Waals surface area contributed by atoms with Crippen LogP contribution in [0.1, 0.15) is 98.0 Å². The fourth-order valence-corrected chi connectivity index (χ4v) is 5.71. The number of pyridine rings is 1. The molecule has 0 radical (unpaired) electrons. The van der Waals surface area contributed by atoms with Gasteiger partial charge in [-0.25, -0.2) is 15.0 Å². The predicted molar refractivity (Wildman–Crippen MR) is 137 cm³/mol. The van der Waals surface area contributed by atoms with Crippen molar-refractivity contribution >= 4 is 16.9 Å². The standard InChI is InChI=1S/C27H43N5O2/c1-8-17(2)30-25-29-16-22-23(31-25)21(18-9-11-19(33)12-10-18)15-28-24(22)34-20-13-26(3,4)32(7)27(5,6)14-20/h15-20,33H,8-14H2,1-7H3,(H,29,30,31)/t17-,18-,19-/m0/s1. The zero-order valence-corrected chi connectivity index (χ0v) is 22.1. The van der Waals surface area contributed by atoms with Crippen molar-refractivity contribution in [3.8, 4) is 5.88 Å². The quantitative estimate of drug-likeness (QED) is 0.595. The van der Waals surface area contributed by atoms with Crippen molar-refractivity contribution in [2.75, 3.05) is 12.4 Å². The molecule has 0 unspecified atom stereocenters. The summed E-state index contributed by atoms with van der Waals surface area (Å²) in [5, 5.41) is 14.3. The molecule has 0 aromatic carbocycles. The monoisotopic (exact) mass is 469 g/mol. The molecule has 34 heavy (non-hydrogen) atoms. The maximum Gasteiger partial charge on any atom is 0.224 e. The van der Waals surface area contributed by atoms with Crippen molar-refractivity contribution in [2.45, 2.75) is 122 Å². The molecule has 3 heterocycles. The van der Waals surface area contributed by atoms with Gasteiger partial charge < -0.3 is 15.2 Å². The highest BCUT2D eigenvalue weighted by molar-refractivity contribution is 5.86.